The van der Waals surface area contributed by atoms with Crippen LogP contribution in [0.1, 0.15) is 25.7 Å². The summed E-state index contributed by atoms with van der Waals surface area (Å²) >= 11 is 3.45. The molecule has 3 nitrogen and oxygen atoms in total. The normalized spacial score (nSPS) is 15.9. The van der Waals surface area contributed by atoms with E-state index in [4.69, 9.17) is 5.11 Å². The van der Waals surface area contributed by atoms with E-state index in [2.05, 4.69) is 31.9 Å². The van der Waals surface area contributed by atoms with Gasteiger partial charge in [0.1, 0.15) is 0 Å². The van der Waals surface area contributed by atoms with Crippen LogP contribution in [0.15, 0.2) is 22.9 Å². The number of pyridine rings is 1. The van der Waals surface area contributed by atoms with Crippen molar-refractivity contribution < 1.29 is 5.11 Å². The lowest BCUT2D eigenvalue weighted by Crippen LogP contribution is -2.41. The SMILES string of the molecule is OCCCN(c1cncc(Br)c1)C1CCC1. The molecule has 1 heterocycles. The van der Waals surface area contributed by atoms with Crippen LogP contribution in [-0.2, 0) is 0 Å². The Bertz CT molecular complexity index is 342. The van der Waals surface area contributed by atoms with Crippen molar-refractivity contribution in [3.8, 4) is 0 Å². The van der Waals surface area contributed by atoms with Gasteiger partial charge in [0.15, 0.2) is 0 Å². The number of hydrogen-bond donors (Lipinski definition) is 1. The van der Waals surface area contributed by atoms with E-state index < -0.39 is 0 Å². The lowest BCUT2D eigenvalue weighted by atomic mass is 9.91. The van der Waals surface area contributed by atoms with Crippen molar-refractivity contribution in [2.24, 2.45) is 0 Å². The first-order valence-electron chi connectivity index (χ1n) is 5.79. The molecule has 1 aliphatic carbocycles. The second-order valence-electron chi connectivity index (χ2n) is 4.22. The summed E-state index contributed by atoms with van der Waals surface area (Å²) in [4.78, 5) is 6.58. The maximum atomic E-state index is 8.94. The fourth-order valence-electron chi connectivity index (χ4n) is 2.02. The summed E-state index contributed by atoms with van der Waals surface area (Å²) in [5.74, 6) is 0. The predicted molar refractivity (Wildman–Crippen MR) is 68.6 cm³/mol. The average molecular weight is 285 g/mol. The molecule has 1 N–H and O–H groups in total. The molecule has 1 fully saturated rings. The highest BCUT2D eigenvalue weighted by atomic mass is 79.9. The minimum Gasteiger partial charge on any atom is -0.396 e. The van der Waals surface area contributed by atoms with Crippen molar-refractivity contribution in [1.29, 1.82) is 0 Å². The molecule has 0 unspecified atom stereocenters. The molecule has 1 aromatic heterocycles. The molecule has 0 bridgehead atoms. The first kappa shape index (κ1) is 11.9. The average Bonchev–Trinajstić information content (AvgIpc) is 2.21. The first-order valence-corrected chi connectivity index (χ1v) is 6.58. The molecule has 0 radical (unpaired) electrons. The number of rotatable bonds is 5. The smallest absolute Gasteiger partial charge is 0.0566 e. The van der Waals surface area contributed by atoms with Gasteiger partial charge in [0.05, 0.1) is 11.9 Å². The molecule has 1 aromatic rings. The lowest BCUT2D eigenvalue weighted by molar-refractivity contribution is 0.283. The summed E-state index contributed by atoms with van der Waals surface area (Å²) in [7, 11) is 0. The van der Waals surface area contributed by atoms with Gasteiger partial charge < -0.3 is 10.0 Å². The fraction of sp³-hybridized carbons (Fsp3) is 0.583. The minimum absolute atomic E-state index is 0.255. The molecule has 0 amide bonds. The van der Waals surface area contributed by atoms with Crippen LogP contribution in [0.3, 0.4) is 0 Å². The Morgan fingerprint density at radius 3 is 2.81 bits per heavy atom. The van der Waals surface area contributed by atoms with Gasteiger partial charge in [0.25, 0.3) is 0 Å². The maximum Gasteiger partial charge on any atom is 0.0566 e. The van der Waals surface area contributed by atoms with E-state index in [9.17, 15) is 0 Å². The van der Waals surface area contributed by atoms with E-state index in [-0.39, 0.29) is 6.61 Å². The zero-order valence-corrected chi connectivity index (χ0v) is 10.9. The van der Waals surface area contributed by atoms with Gasteiger partial charge in [-0.3, -0.25) is 4.98 Å². The Hall–Kier alpha value is -0.610. The van der Waals surface area contributed by atoms with E-state index in [1.165, 1.54) is 19.3 Å². The summed E-state index contributed by atoms with van der Waals surface area (Å²) in [5, 5.41) is 8.94. The molecule has 0 saturated heterocycles. The van der Waals surface area contributed by atoms with Crippen molar-refractivity contribution >= 4 is 21.6 Å². The number of aliphatic hydroxyl groups is 1. The highest BCUT2D eigenvalue weighted by Gasteiger charge is 2.24. The van der Waals surface area contributed by atoms with Crippen LogP contribution in [0.25, 0.3) is 0 Å². The van der Waals surface area contributed by atoms with Gasteiger partial charge in [-0.25, -0.2) is 0 Å². The molecule has 4 heteroatoms. The van der Waals surface area contributed by atoms with Gasteiger partial charge in [0, 0.05) is 29.9 Å². The van der Waals surface area contributed by atoms with Crippen molar-refractivity contribution in [3.05, 3.63) is 22.9 Å². The zero-order valence-electron chi connectivity index (χ0n) is 9.27. The van der Waals surface area contributed by atoms with Gasteiger partial charge >= 0.3 is 0 Å². The first-order chi connectivity index (χ1) is 7.81. The number of halogens is 1. The van der Waals surface area contributed by atoms with E-state index in [0.717, 1.165) is 23.1 Å². The maximum absolute atomic E-state index is 8.94. The van der Waals surface area contributed by atoms with Crippen LogP contribution in [0.4, 0.5) is 5.69 Å². The largest absolute Gasteiger partial charge is 0.396 e. The lowest BCUT2D eigenvalue weighted by Gasteiger charge is -2.39. The number of aliphatic hydroxyl groups excluding tert-OH is 1. The van der Waals surface area contributed by atoms with Gasteiger partial charge in [-0.05, 0) is 47.7 Å². The minimum atomic E-state index is 0.255. The molecule has 16 heavy (non-hydrogen) atoms. The molecule has 0 aliphatic heterocycles. The molecule has 1 aliphatic rings. The predicted octanol–water partition coefficient (Wildman–Crippen LogP) is 2.59. The molecular formula is C12H17BrN2O. The van der Waals surface area contributed by atoms with Gasteiger partial charge in [-0.15, -0.1) is 0 Å². The molecule has 0 aromatic carbocycles. The van der Waals surface area contributed by atoms with Crippen LogP contribution >= 0.6 is 15.9 Å². The van der Waals surface area contributed by atoms with Crippen molar-refractivity contribution in [2.75, 3.05) is 18.1 Å². The Kier molecular flexibility index (Phi) is 4.18. The Labute approximate surface area is 105 Å². The third-order valence-electron chi connectivity index (χ3n) is 3.09. The van der Waals surface area contributed by atoms with Gasteiger partial charge in [-0.1, -0.05) is 0 Å². The summed E-state index contributed by atoms with van der Waals surface area (Å²) in [6.07, 6.45) is 8.37. The van der Waals surface area contributed by atoms with Crippen molar-refractivity contribution in [1.82, 2.24) is 4.98 Å². The second kappa shape index (κ2) is 5.64. The summed E-state index contributed by atoms with van der Waals surface area (Å²) < 4.78 is 1.01. The standard InChI is InChI=1S/C12H17BrN2O/c13-10-7-12(9-14-8-10)15(5-2-6-16)11-3-1-4-11/h7-9,11,16H,1-6H2. The van der Waals surface area contributed by atoms with Crippen LogP contribution in [0.5, 0.6) is 0 Å². The van der Waals surface area contributed by atoms with E-state index >= 15 is 0 Å². The van der Waals surface area contributed by atoms with Crippen LogP contribution in [0.2, 0.25) is 0 Å². The summed E-state index contributed by atoms with van der Waals surface area (Å²) in [5.41, 5.74) is 1.16. The molecule has 88 valence electrons. The molecule has 0 spiro atoms. The van der Waals surface area contributed by atoms with Gasteiger partial charge in [0.2, 0.25) is 0 Å². The fourth-order valence-corrected chi connectivity index (χ4v) is 2.37. The Morgan fingerprint density at radius 1 is 1.44 bits per heavy atom. The van der Waals surface area contributed by atoms with Crippen molar-refractivity contribution in [2.45, 2.75) is 31.7 Å². The monoisotopic (exact) mass is 284 g/mol. The zero-order chi connectivity index (χ0) is 11.4. The van der Waals surface area contributed by atoms with E-state index in [1.54, 1.807) is 6.20 Å². The van der Waals surface area contributed by atoms with E-state index in [0.29, 0.717) is 6.04 Å². The van der Waals surface area contributed by atoms with Crippen molar-refractivity contribution in [3.63, 3.8) is 0 Å². The topological polar surface area (TPSA) is 36.4 Å². The Morgan fingerprint density at radius 2 is 2.25 bits per heavy atom. The van der Waals surface area contributed by atoms with Crippen LogP contribution in [0, 0.1) is 0 Å². The highest BCUT2D eigenvalue weighted by Crippen LogP contribution is 2.30. The second-order valence-corrected chi connectivity index (χ2v) is 5.13. The highest BCUT2D eigenvalue weighted by molar-refractivity contribution is 9.10. The number of anilines is 1. The summed E-state index contributed by atoms with van der Waals surface area (Å²) in [6.45, 7) is 1.17. The van der Waals surface area contributed by atoms with Gasteiger partial charge in [-0.2, -0.15) is 0 Å². The van der Waals surface area contributed by atoms with E-state index in [1.807, 2.05) is 6.20 Å². The number of hydrogen-bond acceptors (Lipinski definition) is 3. The quantitative estimate of drug-likeness (QED) is 0.903. The number of aromatic nitrogens is 1. The molecular weight excluding hydrogens is 268 g/mol. The number of nitrogens with zero attached hydrogens (tertiary/aromatic N) is 2. The van der Waals surface area contributed by atoms with Crippen LogP contribution < -0.4 is 4.90 Å². The Balaban J connectivity index is 2.10. The summed E-state index contributed by atoms with van der Waals surface area (Å²) in [6, 6.07) is 2.74. The third kappa shape index (κ3) is 2.74. The third-order valence-corrected chi connectivity index (χ3v) is 3.53. The molecule has 2 rings (SSSR count). The van der Waals surface area contributed by atoms with Crippen LogP contribution in [-0.4, -0.2) is 29.3 Å². The molecule has 1 saturated carbocycles. The molecule has 0 atom stereocenters.